The molecule has 6 heteroatoms. The molecule has 1 fully saturated rings. The number of rotatable bonds is 6. The summed E-state index contributed by atoms with van der Waals surface area (Å²) < 4.78 is 1.63. The first-order valence-electron chi connectivity index (χ1n) is 8.84. The molecule has 0 bridgehead atoms. The highest BCUT2D eigenvalue weighted by atomic mass is 16.3. The van der Waals surface area contributed by atoms with Crippen LogP contribution >= 0.6 is 0 Å². The molecule has 1 atom stereocenters. The van der Waals surface area contributed by atoms with Crippen molar-refractivity contribution >= 4 is 5.91 Å². The van der Waals surface area contributed by atoms with Crippen LogP contribution in [0.15, 0.2) is 42.7 Å². The lowest BCUT2D eigenvalue weighted by atomic mass is 9.96. The van der Waals surface area contributed by atoms with Crippen molar-refractivity contribution in [2.45, 2.75) is 18.9 Å². The van der Waals surface area contributed by atoms with Gasteiger partial charge in [0.15, 0.2) is 0 Å². The Morgan fingerprint density at radius 2 is 2.04 bits per heavy atom. The molecule has 2 N–H and O–H groups in total. The fraction of sp³-hybridized carbons (Fsp3) is 0.474. The first-order chi connectivity index (χ1) is 12.1. The van der Waals surface area contributed by atoms with Gasteiger partial charge in [-0.3, -0.25) is 9.48 Å². The minimum atomic E-state index is -0.442. The highest BCUT2D eigenvalue weighted by Gasteiger charge is 2.22. The predicted molar refractivity (Wildman–Crippen MR) is 96.1 cm³/mol. The third-order valence-corrected chi connectivity index (χ3v) is 4.84. The summed E-state index contributed by atoms with van der Waals surface area (Å²) in [4.78, 5) is 14.4. The molecule has 2 aromatic rings. The van der Waals surface area contributed by atoms with E-state index in [0.717, 1.165) is 31.5 Å². The van der Waals surface area contributed by atoms with E-state index in [-0.39, 0.29) is 5.91 Å². The van der Waals surface area contributed by atoms with Crippen molar-refractivity contribution in [2.75, 3.05) is 26.2 Å². The summed E-state index contributed by atoms with van der Waals surface area (Å²) in [5.41, 5.74) is 1.57. The number of nitrogens with zero attached hydrogens (tertiary/aromatic N) is 3. The molecule has 1 saturated heterocycles. The molecule has 0 unspecified atom stereocenters. The van der Waals surface area contributed by atoms with Crippen LogP contribution < -0.4 is 5.32 Å². The molecule has 1 aliphatic heterocycles. The molecule has 0 aliphatic carbocycles. The number of hydrogen-bond acceptors (Lipinski definition) is 4. The summed E-state index contributed by atoms with van der Waals surface area (Å²) in [6.45, 7) is 3.27. The number of hydrogen-bond donors (Lipinski definition) is 2. The van der Waals surface area contributed by atoms with Gasteiger partial charge in [0, 0.05) is 26.3 Å². The Bertz CT molecular complexity index is 678. The maximum absolute atomic E-state index is 12.1. The summed E-state index contributed by atoms with van der Waals surface area (Å²) in [7, 11) is 1.80. The van der Waals surface area contributed by atoms with E-state index in [9.17, 15) is 9.90 Å². The molecule has 0 spiro atoms. The summed E-state index contributed by atoms with van der Waals surface area (Å²) in [5.74, 6) is 0.431. The average molecular weight is 342 g/mol. The van der Waals surface area contributed by atoms with Gasteiger partial charge in [0.25, 0.3) is 5.91 Å². The van der Waals surface area contributed by atoms with Crippen molar-refractivity contribution in [3.63, 3.8) is 0 Å². The SMILES string of the molecule is Cn1cc(C(=O)NCC2CCN(C[C@@H](O)c3ccccc3)CC2)cn1. The Labute approximate surface area is 148 Å². The van der Waals surface area contributed by atoms with E-state index in [1.54, 1.807) is 24.1 Å². The number of aryl methyl sites for hydroxylation is 1. The first-order valence-corrected chi connectivity index (χ1v) is 8.84. The van der Waals surface area contributed by atoms with E-state index in [1.807, 2.05) is 30.3 Å². The number of nitrogens with one attached hydrogen (secondary N) is 1. The fourth-order valence-corrected chi connectivity index (χ4v) is 3.28. The van der Waals surface area contributed by atoms with Gasteiger partial charge in [0.05, 0.1) is 17.9 Å². The van der Waals surface area contributed by atoms with Crippen LogP contribution in [0.1, 0.15) is 34.9 Å². The zero-order chi connectivity index (χ0) is 17.6. The number of aromatic nitrogens is 2. The molecule has 2 heterocycles. The van der Waals surface area contributed by atoms with Crippen LogP contribution in [0, 0.1) is 5.92 Å². The molecule has 1 amide bonds. The van der Waals surface area contributed by atoms with Gasteiger partial charge in [-0.05, 0) is 37.4 Å². The van der Waals surface area contributed by atoms with Gasteiger partial charge in [-0.1, -0.05) is 30.3 Å². The van der Waals surface area contributed by atoms with Crippen molar-refractivity contribution < 1.29 is 9.90 Å². The van der Waals surface area contributed by atoms with Gasteiger partial charge in [0.2, 0.25) is 0 Å². The van der Waals surface area contributed by atoms with Crippen LogP contribution in [0.5, 0.6) is 0 Å². The Hall–Kier alpha value is -2.18. The van der Waals surface area contributed by atoms with Crippen LogP contribution in [-0.2, 0) is 7.05 Å². The Morgan fingerprint density at radius 1 is 1.32 bits per heavy atom. The van der Waals surface area contributed by atoms with Gasteiger partial charge >= 0.3 is 0 Å². The first kappa shape index (κ1) is 17.6. The van der Waals surface area contributed by atoms with E-state index in [1.165, 1.54) is 0 Å². The minimum Gasteiger partial charge on any atom is -0.387 e. The highest BCUT2D eigenvalue weighted by Crippen LogP contribution is 2.20. The quantitative estimate of drug-likeness (QED) is 0.836. The van der Waals surface area contributed by atoms with E-state index >= 15 is 0 Å². The van der Waals surface area contributed by atoms with Crippen LogP contribution in [0.4, 0.5) is 0 Å². The van der Waals surface area contributed by atoms with E-state index in [2.05, 4.69) is 15.3 Å². The topological polar surface area (TPSA) is 70.4 Å². The van der Waals surface area contributed by atoms with Crippen molar-refractivity contribution in [3.05, 3.63) is 53.9 Å². The Morgan fingerprint density at radius 3 is 2.68 bits per heavy atom. The lowest BCUT2D eigenvalue weighted by Crippen LogP contribution is -2.40. The number of carbonyl (C=O) groups excluding carboxylic acids is 1. The molecule has 0 radical (unpaired) electrons. The van der Waals surface area contributed by atoms with Crippen LogP contribution in [0.2, 0.25) is 0 Å². The van der Waals surface area contributed by atoms with Crippen molar-refractivity contribution in [3.8, 4) is 0 Å². The summed E-state index contributed by atoms with van der Waals surface area (Å²) in [5, 5.41) is 17.4. The average Bonchev–Trinajstić information content (AvgIpc) is 3.08. The van der Waals surface area contributed by atoms with Crippen molar-refractivity contribution in [1.29, 1.82) is 0 Å². The molecule has 1 aromatic carbocycles. The van der Waals surface area contributed by atoms with Gasteiger partial charge in [-0.2, -0.15) is 5.10 Å². The second-order valence-corrected chi connectivity index (χ2v) is 6.78. The number of likely N-dealkylation sites (tertiary alicyclic amines) is 1. The molecular weight excluding hydrogens is 316 g/mol. The molecule has 3 rings (SSSR count). The molecule has 25 heavy (non-hydrogen) atoms. The fourth-order valence-electron chi connectivity index (χ4n) is 3.28. The number of β-amino-alcohol motifs (C(OH)–C–C–N with tert-alkyl or cyclic N) is 1. The largest absolute Gasteiger partial charge is 0.387 e. The Kier molecular flexibility index (Phi) is 5.83. The van der Waals surface area contributed by atoms with Gasteiger partial charge < -0.3 is 15.3 Å². The summed E-state index contributed by atoms with van der Waals surface area (Å²) in [6.07, 6.45) is 4.94. The molecule has 1 aromatic heterocycles. The molecule has 6 nitrogen and oxygen atoms in total. The third kappa shape index (κ3) is 4.90. The molecular formula is C19H26N4O2. The standard InChI is InChI=1S/C19H26N4O2/c1-22-13-17(12-21-22)19(25)20-11-15-7-9-23(10-8-15)14-18(24)16-5-3-2-4-6-16/h2-6,12-13,15,18,24H,7-11,14H2,1H3,(H,20,25)/t18-/m1/s1. The number of aliphatic hydroxyl groups is 1. The van der Waals surface area contributed by atoms with Crippen molar-refractivity contribution in [1.82, 2.24) is 20.0 Å². The van der Waals surface area contributed by atoms with Crippen molar-refractivity contribution in [2.24, 2.45) is 13.0 Å². The zero-order valence-electron chi connectivity index (χ0n) is 14.6. The van der Waals surface area contributed by atoms with E-state index in [4.69, 9.17) is 0 Å². The predicted octanol–water partition coefficient (Wildman–Crippen LogP) is 1.60. The van der Waals surface area contributed by atoms with Gasteiger partial charge in [-0.15, -0.1) is 0 Å². The zero-order valence-corrected chi connectivity index (χ0v) is 14.6. The minimum absolute atomic E-state index is 0.0602. The lowest BCUT2D eigenvalue weighted by molar-refractivity contribution is 0.0852. The number of piperidine rings is 1. The maximum atomic E-state index is 12.1. The maximum Gasteiger partial charge on any atom is 0.254 e. The number of aliphatic hydroxyl groups excluding tert-OH is 1. The van der Waals surface area contributed by atoms with Gasteiger partial charge in [0.1, 0.15) is 0 Å². The van der Waals surface area contributed by atoms with Crippen LogP contribution in [-0.4, -0.2) is 51.9 Å². The number of amides is 1. The molecule has 1 aliphatic rings. The lowest BCUT2D eigenvalue weighted by Gasteiger charge is -2.33. The number of benzene rings is 1. The monoisotopic (exact) mass is 342 g/mol. The molecule has 0 saturated carbocycles. The van der Waals surface area contributed by atoms with Crippen LogP contribution in [0.25, 0.3) is 0 Å². The van der Waals surface area contributed by atoms with Crippen LogP contribution in [0.3, 0.4) is 0 Å². The highest BCUT2D eigenvalue weighted by molar-refractivity contribution is 5.93. The second kappa shape index (κ2) is 8.27. The normalized spacial score (nSPS) is 17.4. The van der Waals surface area contributed by atoms with E-state index < -0.39 is 6.10 Å². The summed E-state index contributed by atoms with van der Waals surface area (Å²) in [6, 6.07) is 9.80. The van der Waals surface area contributed by atoms with Gasteiger partial charge in [-0.25, -0.2) is 0 Å². The Balaban J connectivity index is 1.39. The van der Waals surface area contributed by atoms with E-state index in [0.29, 0.717) is 24.6 Å². The molecule has 134 valence electrons. The second-order valence-electron chi connectivity index (χ2n) is 6.78. The third-order valence-electron chi connectivity index (χ3n) is 4.84. The smallest absolute Gasteiger partial charge is 0.254 e. The number of carbonyl (C=O) groups is 1. The summed E-state index contributed by atoms with van der Waals surface area (Å²) >= 11 is 0.